The Morgan fingerprint density at radius 3 is 2.76 bits per heavy atom. The number of nitrogens with zero attached hydrogens (tertiary/aromatic N) is 2. The van der Waals surface area contributed by atoms with Crippen molar-refractivity contribution in [2.75, 3.05) is 30.4 Å². The number of carbonyl (C=O) groups is 1. The molecule has 1 aromatic rings. The molecule has 7 heteroatoms. The summed E-state index contributed by atoms with van der Waals surface area (Å²) in [6.07, 6.45) is 0.736. The zero-order valence-electron chi connectivity index (χ0n) is 12.6. The minimum absolute atomic E-state index is 0.0311. The van der Waals surface area contributed by atoms with Gasteiger partial charge in [0.2, 0.25) is 0 Å². The number of pyridine rings is 1. The van der Waals surface area contributed by atoms with Gasteiger partial charge in [0.1, 0.15) is 5.82 Å². The zero-order valence-corrected chi connectivity index (χ0v) is 13.4. The third kappa shape index (κ3) is 3.53. The molecule has 1 aromatic heterocycles. The number of sulfone groups is 1. The van der Waals surface area contributed by atoms with E-state index in [2.05, 4.69) is 10.3 Å². The quantitative estimate of drug-likeness (QED) is 0.899. The van der Waals surface area contributed by atoms with E-state index in [0.717, 1.165) is 12.1 Å². The molecule has 1 saturated heterocycles. The third-order valence-corrected chi connectivity index (χ3v) is 5.47. The van der Waals surface area contributed by atoms with Crippen LogP contribution >= 0.6 is 0 Å². The first kappa shape index (κ1) is 15.8. The summed E-state index contributed by atoms with van der Waals surface area (Å²) in [5.74, 6) is 0.581. The molecular formula is C14H21N3O3S. The molecule has 6 nitrogen and oxygen atoms in total. The molecule has 21 heavy (non-hydrogen) atoms. The van der Waals surface area contributed by atoms with E-state index in [1.165, 1.54) is 0 Å². The van der Waals surface area contributed by atoms with Gasteiger partial charge in [0.25, 0.3) is 5.91 Å². The van der Waals surface area contributed by atoms with E-state index in [0.29, 0.717) is 11.4 Å². The minimum Gasteiger partial charge on any atom is -0.373 e. The van der Waals surface area contributed by atoms with E-state index in [9.17, 15) is 13.2 Å². The Hall–Kier alpha value is -1.63. The lowest BCUT2D eigenvalue weighted by molar-refractivity contribution is 0.0712. The summed E-state index contributed by atoms with van der Waals surface area (Å²) in [6, 6.07) is 3.18. The summed E-state index contributed by atoms with van der Waals surface area (Å²) in [5.41, 5.74) is 1.39. The van der Waals surface area contributed by atoms with Crippen LogP contribution < -0.4 is 5.32 Å². The largest absolute Gasteiger partial charge is 0.373 e. The number of carbonyl (C=O) groups excluding carboxylic acids is 1. The van der Waals surface area contributed by atoms with Gasteiger partial charge in [-0.2, -0.15) is 0 Å². The Morgan fingerprint density at radius 2 is 2.19 bits per heavy atom. The van der Waals surface area contributed by atoms with Crippen LogP contribution in [0, 0.1) is 0 Å². The van der Waals surface area contributed by atoms with Crippen molar-refractivity contribution in [1.82, 2.24) is 9.88 Å². The maximum atomic E-state index is 12.6. The number of amides is 1. The van der Waals surface area contributed by atoms with Crippen LogP contribution in [-0.4, -0.2) is 55.3 Å². The highest BCUT2D eigenvalue weighted by Crippen LogP contribution is 2.18. The lowest BCUT2D eigenvalue weighted by Crippen LogP contribution is -2.49. The first-order valence-corrected chi connectivity index (χ1v) is 8.88. The highest BCUT2D eigenvalue weighted by molar-refractivity contribution is 7.91. The van der Waals surface area contributed by atoms with Crippen LogP contribution in [0.25, 0.3) is 0 Å². The average Bonchev–Trinajstić information content (AvgIpc) is 2.45. The summed E-state index contributed by atoms with van der Waals surface area (Å²) < 4.78 is 23.2. The van der Waals surface area contributed by atoms with Gasteiger partial charge in [0, 0.05) is 30.9 Å². The van der Waals surface area contributed by atoms with Crippen molar-refractivity contribution in [2.45, 2.75) is 26.3 Å². The van der Waals surface area contributed by atoms with Gasteiger partial charge in [-0.05, 0) is 25.5 Å². The second-order valence-corrected chi connectivity index (χ2v) is 7.53. The molecular weight excluding hydrogens is 290 g/mol. The van der Waals surface area contributed by atoms with Crippen LogP contribution in [0.1, 0.15) is 29.9 Å². The Balaban J connectivity index is 2.28. The number of anilines is 1. The molecule has 116 valence electrons. The normalized spacial score (nSPS) is 21.1. The Bertz CT molecular complexity index is 621. The van der Waals surface area contributed by atoms with Gasteiger partial charge >= 0.3 is 0 Å². The molecule has 0 bridgehead atoms. The molecule has 1 aliphatic heterocycles. The Kier molecular flexibility index (Phi) is 4.51. The zero-order chi connectivity index (χ0) is 15.6. The molecule has 1 N–H and O–H groups in total. The molecule has 0 aliphatic carbocycles. The number of nitrogens with one attached hydrogen (secondary N) is 1. The number of hydrogen-bond donors (Lipinski definition) is 1. The van der Waals surface area contributed by atoms with Crippen LogP contribution in [0.5, 0.6) is 0 Å². The fraction of sp³-hybridized carbons (Fsp3) is 0.571. The van der Waals surface area contributed by atoms with Gasteiger partial charge in [-0.25, -0.2) is 13.4 Å². The summed E-state index contributed by atoms with van der Waals surface area (Å²) >= 11 is 0. The van der Waals surface area contributed by atoms with Crippen molar-refractivity contribution < 1.29 is 13.2 Å². The van der Waals surface area contributed by atoms with Crippen molar-refractivity contribution in [2.24, 2.45) is 0 Å². The van der Waals surface area contributed by atoms with Gasteiger partial charge in [-0.1, -0.05) is 6.92 Å². The second-order valence-electron chi connectivity index (χ2n) is 5.30. The van der Waals surface area contributed by atoms with Crippen LogP contribution in [0.2, 0.25) is 0 Å². The average molecular weight is 311 g/mol. The number of aryl methyl sites for hydroxylation is 1. The van der Waals surface area contributed by atoms with E-state index in [4.69, 9.17) is 0 Å². The first-order chi connectivity index (χ1) is 9.86. The van der Waals surface area contributed by atoms with E-state index >= 15 is 0 Å². The van der Waals surface area contributed by atoms with Gasteiger partial charge in [0.05, 0.1) is 11.5 Å². The minimum atomic E-state index is -3.02. The number of hydrogen-bond acceptors (Lipinski definition) is 5. The lowest BCUT2D eigenvalue weighted by atomic mass is 10.1. The summed E-state index contributed by atoms with van der Waals surface area (Å²) in [4.78, 5) is 18.6. The van der Waals surface area contributed by atoms with Gasteiger partial charge in [-0.3, -0.25) is 4.79 Å². The molecule has 0 saturated carbocycles. The molecule has 1 atom stereocenters. The monoisotopic (exact) mass is 311 g/mol. The smallest absolute Gasteiger partial charge is 0.254 e. The SMILES string of the molecule is CCc1cc(C(=O)N2CCS(=O)(=O)CC2C)cc(NC)n1. The van der Waals surface area contributed by atoms with E-state index < -0.39 is 9.84 Å². The topological polar surface area (TPSA) is 79.4 Å². The van der Waals surface area contributed by atoms with Gasteiger partial charge in [-0.15, -0.1) is 0 Å². The predicted molar refractivity (Wildman–Crippen MR) is 82.3 cm³/mol. The van der Waals surface area contributed by atoms with Gasteiger partial charge in [0.15, 0.2) is 9.84 Å². The second kappa shape index (κ2) is 6.01. The van der Waals surface area contributed by atoms with Crippen molar-refractivity contribution in [3.05, 3.63) is 23.4 Å². The standard InChI is InChI=1S/C14H21N3O3S/c1-4-12-7-11(8-13(15-3)16-12)14(18)17-5-6-21(19,20)9-10(17)2/h7-8,10H,4-6,9H2,1-3H3,(H,15,16). The van der Waals surface area contributed by atoms with Gasteiger partial charge < -0.3 is 10.2 Å². The molecule has 0 radical (unpaired) electrons. The van der Waals surface area contributed by atoms with E-state index in [-0.39, 0.29) is 30.0 Å². The lowest BCUT2D eigenvalue weighted by Gasteiger charge is -2.33. The Labute approximate surface area is 125 Å². The molecule has 1 fully saturated rings. The fourth-order valence-electron chi connectivity index (χ4n) is 2.49. The van der Waals surface area contributed by atoms with Crippen molar-refractivity contribution in [3.8, 4) is 0 Å². The summed E-state index contributed by atoms with van der Waals surface area (Å²) in [6.45, 7) is 4.00. The number of rotatable bonds is 3. The molecule has 2 rings (SSSR count). The van der Waals surface area contributed by atoms with E-state index in [1.807, 2.05) is 6.92 Å². The van der Waals surface area contributed by atoms with E-state index in [1.54, 1.807) is 31.0 Å². The summed E-state index contributed by atoms with van der Waals surface area (Å²) in [5, 5.41) is 2.95. The molecule has 1 unspecified atom stereocenters. The van der Waals surface area contributed by atoms with Crippen molar-refractivity contribution in [1.29, 1.82) is 0 Å². The molecule has 1 amide bonds. The molecule has 1 aliphatic rings. The van der Waals surface area contributed by atoms with Crippen molar-refractivity contribution in [3.63, 3.8) is 0 Å². The van der Waals surface area contributed by atoms with Crippen molar-refractivity contribution >= 4 is 21.6 Å². The molecule has 0 spiro atoms. The van der Waals surface area contributed by atoms with Crippen LogP contribution in [-0.2, 0) is 16.3 Å². The first-order valence-electron chi connectivity index (χ1n) is 7.06. The molecule has 0 aromatic carbocycles. The highest BCUT2D eigenvalue weighted by atomic mass is 32.2. The summed E-state index contributed by atoms with van der Waals surface area (Å²) in [7, 11) is -1.27. The Morgan fingerprint density at radius 1 is 1.48 bits per heavy atom. The maximum Gasteiger partial charge on any atom is 0.254 e. The highest BCUT2D eigenvalue weighted by Gasteiger charge is 2.31. The third-order valence-electron chi connectivity index (χ3n) is 3.67. The van der Waals surface area contributed by atoms with Crippen LogP contribution in [0.15, 0.2) is 12.1 Å². The fourth-order valence-corrected chi connectivity index (χ4v) is 4.04. The van der Waals surface area contributed by atoms with Crippen LogP contribution in [0.3, 0.4) is 0 Å². The molecule has 2 heterocycles. The maximum absolute atomic E-state index is 12.6. The predicted octanol–water partition coefficient (Wildman–Crippen LogP) is 0.945. The number of aromatic nitrogens is 1. The van der Waals surface area contributed by atoms with Crippen LogP contribution in [0.4, 0.5) is 5.82 Å².